The van der Waals surface area contributed by atoms with Gasteiger partial charge in [0, 0.05) is 50.6 Å². The van der Waals surface area contributed by atoms with E-state index in [0.717, 1.165) is 5.69 Å². The second-order valence-electron chi connectivity index (χ2n) is 10.0. The van der Waals surface area contributed by atoms with Gasteiger partial charge in [-0.3, -0.25) is 19.4 Å². The first-order valence-electron chi connectivity index (χ1n) is 13.0. The van der Waals surface area contributed by atoms with Crippen LogP contribution < -0.4 is 21.6 Å². The fourth-order valence-corrected chi connectivity index (χ4v) is 4.87. The minimum absolute atomic E-state index is 0.0593. The Labute approximate surface area is 241 Å². The molecule has 0 unspecified atom stereocenters. The average Bonchev–Trinajstić information content (AvgIpc) is 3.48. The number of pyridine rings is 1. The summed E-state index contributed by atoms with van der Waals surface area (Å²) in [6, 6.07) is 12.3. The number of nitrogens with zero attached hydrogens (tertiary/aromatic N) is 3. The van der Waals surface area contributed by atoms with Crippen molar-refractivity contribution in [2.45, 2.75) is 39.2 Å². The zero-order valence-electron chi connectivity index (χ0n) is 23.3. The summed E-state index contributed by atoms with van der Waals surface area (Å²) in [6.45, 7) is 5.69. The van der Waals surface area contributed by atoms with Crippen LogP contribution in [0.1, 0.15) is 41.2 Å². The normalized spacial score (nSPS) is 11.2. The van der Waals surface area contributed by atoms with Gasteiger partial charge in [0.25, 0.3) is 11.9 Å². The minimum Gasteiger partial charge on any atom is -0.389 e. The molecule has 0 fully saturated rings. The number of carbonyl (C=O) groups is 3. The lowest BCUT2D eigenvalue weighted by molar-refractivity contribution is -0.133. The highest BCUT2D eigenvalue weighted by molar-refractivity contribution is 7.12. The molecule has 1 aromatic carbocycles. The van der Waals surface area contributed by atoms with Gasteiger partial charge in [0.15, 0.2) is 0 Å². The molecule has 0 aliphatic carbocycles. The summed E-state index contributed by atoms with van der Waals surface area (Å²) in [7, 11) is 1.70. The lowest BCUT2D eigenvalue weighted by Crippen LogP contribution is -2.49. The maximum absolute atomic E-state index is 13.1. The number of hydrogen-bond donors (Lipinski definition) is 3. The Morgan fingerprint density at radius 1 is 1.10 bits per heavy atom. The molecule has 41 heavy (non-hydrogen) atoms. The number of amides is 3. The molecule has 0 aliphatic rings. The van der Waals surface area contributed by atoms with Gasteiger partial charge >= 0.3 is 5.63 Å². The highest BCUT2D eigenvalue weighted by atomic mass is 32.1. The van der Waals surface area contributed by atoms with E-state index < -0.39 is 11.2 Å². The van der Waals surface area contributed by atoms with E-state index in [9.17, 15) is 19.2 Å². The van der Waals surface area contributed by atoms with Crippen LogP contribution >= 0.6 is 11.3 Å². The van der Waals surface area contributed by atoms with E-state index in [0.29, 0.717) is 34.6 Å². The molecule has 11 nitrogen and oxygen atoms in total. The topological polar surface area (TPSA) is 147 Å². The van der Waals surface area contributed by atoms with Crippen molar-refractivity contribution in [2.24, 2.45) is 0 Å². The molecule has 0 saturated carbocycles. The van der Waals surface area contributed by atoms with Gasteiger partial charge in [0.1, 0.15) is 5.54 Å². The minimum atomic E-state index is -1.11. The molecular formula is C29H32N6O5S. The summed E-state index contributed by atoms with van der Waals surface area (Å²) in [6.07, 6.45) is 2.37. The summed E-state index contributed by atoms with van der Waals surface area (Å²) in [5, 5.41) is 10.5. The molecule has 3 aromatic heterocycles. The zero-order valence-corrected chi connectivity index (χ0v) is 24.1. The zero-order chi connectivity index (χ0) is 29.6. The van der Waals surface area contributed by atoms with Gasteiger partial charge in [-0.2, -0.15) is 4.98 Å². The molecule has 3 N–H and O–H groups in total. The predicted octanol–water partition coefficient (Wildman–Crippen LogP) is 3.60. The van der Waals surface area contributed by atoms with E-state index in [2.05, 4.69) is 25.9 Å². The van der Waals surface area contributed by atoms with E-state index in [1.54, 1.807) is 68.6 Å². The second-order valence-corrected chi connectivity index (χ2v) is 11.0. The number of aryl methyl sites for hydroxylation is 1. The van der Waals surface area contributed by atoms with Crippen LogP contribution in [-0.2, 0) is 16.0 Å². The number of nitrogens with one attached hydrogen (secondary N) is 3. The molecule has 3 heterocycles. The van der Waals surface area contributed by atoms with E-state index in [-0.39, 0.29) is 42.1 Å². The number of rotatable bonds is 11. The number of likely N-dealkylation sites (N-methyl/N-ethyl adjacent to an activating group) is 1. The number of aromatic nitrogens is 2. The van der Waals surface area contributed by atoms with E-state index >= 15 is 0 Å². The third-order valence-electron chi connectivity index (χ3n) is 6.45. The number of carbonyl (C=O) groups excluding carboxylic acids is 3. The van der Waals surface area contributed by atoms with Gasteiger partial charge in [-0.25, -0.2) is 4.79 Å². The number of benzene rings is 1. The Bertz CT molecular complexity index is 1600. The lowest BCUT2D eigenvalue weighted by atomic mass is 10.0. The van der Waals surface area contributed by atoms with Crippen LogP contribution in [-0.4, -0.2) is 58.3 Å². The van der Waals surface area contributed by atoms with Gasteiger partial charge in [-0.1, -0.05) is 12.1 Å². The Morgan fingerprint density at radius 2 is 1.90 bits per heavy atom. The van der Waals surface area contributed by atoms with Crippen molar-refractivity contribution in [3.05, 3.63) is 80.6 Å². The van der Waals surface area contributed by atoms with Crippen LogP contribution in [0.15, 0.2) is 63.3 Å². The molecule has 0 aliphatic heterocycles. The first kappa shape index (κ1) is 29.4. The molecule has 214 valence electrons. The van der Waals surface area contributed by atoms with Gasteiger partial charge in [0.05, 0.1) is 15.8 Å². The van der Waals surface area contributed by atoms with Crippen molar-refractivity contribution >= 4 is 51.7 Å². The van der Waals surface area contributed by atoms with Crippen molar-refractivity contribution in [3.8, 4) is 0 Å². The van der Waals surface area contributed by atoms with Crippen molar-refractivity contribution in [1.29, 1.82) is 0 Å². The number of thiophene rings is 1. The predicted molar refractivity (Wildman–Crippen MR) is 158 cm³/mol. The molecule has 4 aromatic rings. The van der Waals surface area contributed by atoms with Crippen molar-refractivity contribution < 1.29 is 18.8 Å². The third-order valence-corrected chi connectivity index (χ3v) is 7.31. The number of anilines is 2. The lowest BCUT2D eigenvalue weighted by Gasteiger charge is -2.30. The van der Waals surface area contributed by atoms with E-state index in [1.807, 2.05) is 18.2 Å². The van der Waals surface area contributed by atoms with Gasteiger partial charge in [0.2, 0.25) is 11.8 Å². The van der Waals surface area contributed by atoms with Crippen LogP contribution in [0.25, 0.3) is 10.9 Å². The molecule has 0 saturated heterocycles. The Hall–Kier alpha value is -4.58. The summed E-state index contributed by atoms with van der Waals surface area (Å²) < 4.78 is 5.44. The molecule has 4 rings (SSSR count). The molecular weight excluding hydrogens is 544 g/mol. The summed E-state index contributed by atoms with van der Waals surface area (Å²) >= 11 is 1.32. The fraction of sp³-hybridized carbons (Fsp3) is 0.310. The highest BCUT2D eigenvalue weighted by Gasteiger charge is 2.32. The van der Waals surface area contributed by atoms with Crippen LogP contribution in [0.3, 0.4) is 0 Å². The van der Waals surface area contributed by atoms with Gasteiger partial charge < -0.3 is 25.3 Å². The number of hydrogen-bond acceptors (Lipinski definition) is 9. The maximum Gasteiger partial charge on any atom is 0.348 e. The fourth-order valence-electron chi connectivity index (χ4n) is 4.23. The third kappa shape index (κ3) is 7.34. The molecule has 0 spiro atoms. The maximum atomic E-state index is 13.1. The second kappa shape index (κ2) is 12.7. The van der Waals surface area contributed by atoms with Crippen molar-refractivity contribution in [2.75, 3.05) is 30.8 Å². The SMILES string of the molecule is Cc1c(NC(=O)CCNC(=O)c2cccs2)ccc2nc(NC(C)(C)C(=O)N(C)CCc3ccccn3)oc(=O)c12. The van der Waals surface area contributed by atoms with Gasteiger partial charge in [-0.05, 0) is 62.0 Å². The van der Waals surface area contributed by atoms with Crippen LogP contribution in [0, 0.1) is 6.92 Å². The first-order valence-corrected chi connectivity index (χ1v) is 13.9. The largest absolute Gasteiger partial charge is 0.389 e. The van der Waals surface area contributed by atoms with Gasteiger partial charge in [-0.15, -0.1) is 11.3 Å². The Morgan fingerprint density at radius 3 is 2.61 bits per heavy atom. The smallest absolute Gasteiger partial charge is 0.348 e. The summed E-state index contributed by atoms with van der Waals surface area (Å²) in [5.41, 5.74) is 0.405. The monoisotopic (exact) mass is 576 g/mol. The molecule has 3 amide bonds. The molecule has 0 atom stereocenters. The van der Waals surface area contributed by atoms with E-state index in [1.165, 1.54) is 11.3 Å². The number of fused-ring (bicyclic) bond motifs is 1. The standard InChI is InChI=1S/C29H32N6O5S/c1-18-20(32-23(36)12-15-31-25(37)22-9-7-17-41-22)10-11-21-24(18)26(38)40-28(33-21)34-29(2,3)27(39)35(4)16-13-19-8-5-6-14-30-19/h5-11,14,17H,12-13,15-16H2,1-4H3,(H,31,37)(H,32,36)(H,33,34). The van der Waals surface area contributed by atoms with Crippen molar-refractivity contribution in [3.63, 3.8) is 0 Å². The van der Waals surface area contributed by atoms with Crippen LogP contribution in [0.2, 0.25) is 0 Å². The molecule has 0 bridgehead atoms. The highest BCUT2D eigenvalue weighted by Crippen LogP contribution is 2.24. The Balaban J connectivity index is 1.39. The average molecular weight is 577 g/mol. The summed E-state index contributed by atoms with van der Waals surface area (Å²) in [5.74, 6) is -0.760. The Kier molecular flexibility index (Phi) is 9.13. The molecule has 12 heteroatoms. The quantitative estimate of drug-likeness (QED) is 0.245. The van der Waals surface area contributed by atoms with Crippen molar-refractivity contribution in [1.82, 2.24) is 20.2 Å². The van der Waals surface area contributed by atoms with Crippen LogP contribution in [0.4, 0.5) is 11.7 Å². The van der Waals surface area contributed by atoms with E-state index in [4.69, 9.17) is 4.42 Å². The summed E-state index contributed by atoms with van der Waals surface area (Å²) in [4.78, 5) is 61.5. The molecule has 0 radical (unpaired) electrons. The first-order chi connectivity index (χ1) is 19.5. The van der Waals surface area contributed by atoms with Crippen LogP contribution in [0.5, 0.6) is 0 Å².